The Bertz CT molecular complexity index is 971. The van der Waals surface area contributed by atoms with Crippen molar-refractivity contribution in [3.8, 4) is 11.5 Å². The maximum absolute atomic E-state index is 12.6. The molecule has 1 fully saturated rings. The molecule has 2 aromatic rings. The number of hydrogen-bond acceptors (Lipinski definition) is 6. The largest absolute Gasteiger partial charge is 0.486 e. The van der Waals surface area contributed by atoms with Gasteiger partial charge in [-0.3, -0.25) is 4.79 Å². The Morgan fingerprint density at radius 1 is 1.03 bits per heavy atom. The van der Waals surface area contributed by atoms with Crippen molar-refractivity contribution in [2.75, 3.05) is 39.5 Å². The number of fused-ring (bicyclic) bond motifs is 1. The second-order valence-corrected chi connectivity index (χ2v) is 8.69. The molecule has 0 radical (unpaired) electrons. The first-order chi connectivity index (χ1) is 14.0. The standard InChI is InChI=1S/C20H22N2O6S/c23-20(21-13-16-14-27-18-3-1-2-4-19(18)28-16)15-5-7-17(8-6-15)29(24,25)22-9-11-26-12-10-22/h1-8,16H,9-14H2,(H,21,23). The number of rotatable bonds is 5. The molecule has 1 atom stereocenters. The lowest BCUT2D eigenvalue weighted by atomic mass is 10.2. The van der Waals surface area contributed by atoms with Crippen molar-refractivity contribution in [2.45, 2.75) is 11.0 Å². The highest BCUT2D eigenvalue weighted by Crippen LogP contribution is 2.30. The highest BCUT2D eigenvalue weighted by Gasteiger charge is 2.26. The molecular weight excluding hydrogens is 396 g/mol. The molecule has 29 heavy (non-hydrogen) atoms. The van der Waals surface area contributed by atoms with Gasteiger partial charge in [0.1, 0.15) is 12.7 Å². The predicted octanol–water partition coefficient (Wildman–Crippen LogP) is 1.28. The summed E-state index contributed by atoms with van der Waals surface area (Å²) in [7, 11) is -3.58. The van der Waals surface area contributed by atoms with E-state index in [-0.39, 0.29) is 23.5 Å². The Labute approximate surface area is 169 Å². The van der Waals surface area contributed by atoms with Gasteiger partial charge < -0.3 is 19.5 Å². The van der Waals surface area contributed by atoms with Crippen LogP contribution in [0.3, 0.4) is 0 Å². The van der Waals surface area contributed by atoms with E-state index in [0.717, 1.165) is 0 Å². The van der Waals surface area contributed by atoms with Gasteiger partial charge in [0.25, 0.3) is 5.91 Å². The molecule has 8 nitrogen and oxygen atoms in total. The van der Waals surface area contributed by atoms with E-state index in [4.69, 9.17) is 14.2 Å². The highest BCUT2D eigenvalue weighted by atomic mass is 32.2. The average molecular weight is 418 g/mol. The average Bonchev–Trinajstić information content (AvgIpc) is 2.78. The minimum atomic E-state index is -3.58. The van der Waals surface area contributed by atoms with E-state index in [0.29, 0.717) is 50.0 Å². The summed E-state index contributed by atoms with van der Waals surface area (Å²) >= 11 is 0. The minimum absolute atomic E-state index is 0.163. The first-order valence-corrected chi connectivity index (χ1v) is 10.8. The van der Waals surface area contributed by atoms with Gasteiger partial charge in [0.05, 0.1) is 24.7 Å². The molecule has 4 rings (SSSR count). The zero-order valence-electron chi connectivity index (χ0n) is 15.7. The number of carbonyl (C=O) groups is 1. The van der Waals surface area contributed by atoms with Crippen molar-refractivity contribution in [1.29, 1.82) is 0 Å². The topological polar surface area (TPSA) is 94.2 Å². The Balaban J connectivity index is 1.35. The molecule has 0 aromatic heterocycles. The number of para-hydroxylation sites is 2. The fourth-order valence-electron chi connectivity index (χ4n) is 3.19. The van der Waals surface area contributed by atoms with Crippen LogP contribution in [0.2, 0.25) is 0 Å². The van der Waals surface area contributed by atoms with Gasteiger partial charge in [0.2, 0.25) is 10.0 Å². The van der Waals surface area contributed by atoms with E-state index < -0.39 is 10.0 Å². The molecule has 2 aromatic carbocycles. The second kappa shape index (κ2) is 8.40. The van der Waals surface area contributed by atoms with E-state index >= 15 is 0 Å². The van der Waals surface area contributed by atoms with Crippen LogP contribution < -0.4 is 14.8 Å². The molecule has 2 aliphatic rings. The Morgan fingerprint density at radius 2 is 1.72 bits per heavy atom. The SMILES string of the molecule is O=C(NCC1COc2ccccc2O1)c1ccc(S(=O)(=O)N2CCOCC2)cc1. The van der Waals surface area contributed by atoms with Crippen LogP contribution in [0.4, 0.5) is 0 Å². The number of sulfonamides is 1. The summed E-state index contributed by atoms with van der Waals surface area (Å²) in [6.45, 7) is 2.05. The normalized spacial score (nSPS) is 19.5. The van der Waals surface area contributed by atoms with Gasteiger partial charge in [-0.2, -0.15) is 4.31 Å². The van der Waals surface area contributed by atoms with Crippen LogP contribution in [0.5, 0.6) is 11.5 Å². The molecule has 1 amide bonds. The lowest BCUT2D eigenvalue weighted by Crippen LogP contribution is -2.41. The maximum Gasteiger partial charge on any atom is 0.251 e. The lowest BCUT2D eigenvalue weighted by Gasteiger charge is -2.26. The van der Waals surface area contributed by atoms with Crippen LogP contribution in [-0.4, -0.2) is 64.2 Å². The summed E-state index contributed by atoms with van der Waals surface area (Å²) in [6.07, 6.45) is -0.296. The molecule has 9 heteroatoms. The summed E-state index contributed by atoms with van der Waals surface area (Å²) in [5, 5.41) is 2.80. The Kier molecular flexibility index (Phi) is 5.70. The third-order valence-electron chi connectivity index (χ3n) is 4.78. The molecule has 0 aliphatic carbocycles. The summed E-state index contributed by atoms with van der Waals surface area (Å²) in [4.78, 5) is 12.6. The van der Waals surface area contributed by atoms with E-state index in [2.05, 4.69) is 5.32 Å². The van der Waals surface area contributed by atoms with Crippen molar-refractivity contribution in [1.82, 2.24) is 9.62 Å². The van der Waals surface area contributed by atoms with E-state index in [9.17, 15) is 13.2 Å². The molecule has 0 saturated carbocycles. The van der Waals surface area contributed by atoms with Crippen molar-refractivity contribution < 1.29 is 27.4 Å². The number of benzene rings is 2. The summed E-state index contributed by atoms with van der Waals surface area (Å²) < 4.78 is 43.3. The number of amides is 1. The molecule has 0 spiro atoms. The first kappa shape index (κ1) is 19.7. The van der Waals surface area contributed by atoms with Crippen LogP contribution in [-0.2, 0) is 14.8 Å². The van der Waals surface area contributed by atoms with Gasteiger partial charge in [-0.1, -0.05) is 12.1 Å². The molecule has 2 heterocycles. The van der Waals surface area contributed by atoms with Crippen molar-refractivity contribution in [3.63, 3.8) is 0 Å². The van der Waals surface area contributed by atoms with Gasteiger partial charge in [-0.25, -0.2) is 8.42 Å². The van der Waals surface area contributed by atoms with E-state index in [1.807, 2.05) is 24.3 Å². The third-order valence-corrected chi connectivity index (χ3v) is 6.70. The second-order valence-electron chi connectivity index (χ2n) is 6.75. The van der Waals surface area contributed by atoms with Crippen LogP contribution in [0, 0.1) is 0 Å². The van der Waals surface area contributed by atoms with Gasteiger partial charge in [0.15, 0.2) is 11.5 Å². The number of morpholine rings is 1. The minimum Gasteiger partial charge on any atom is -0.486 e. The fourth-order valence-corrected chi connectivity index (χ4v) is 4.59. The smallest absolute Gasteiger partial charge is 0.251 e. The summed E-state index contributed by atoms with van der Waals surface area (Å²) in [6, 6.07) is 13.3. The van der Waals surface area contributed by atoms with Crippen LogP contribution in [0.1, 0.15) is 10.4 Å². The number of carbonyl (C=O) groups excluding carboxylic acids is 1. The predicted molar refractivity (Wildman–Crippen MR) is 105 cm³/mol. The number of nitrogens with zero attached hydrogens (tertiary/aromatic N) is 1. The highest BCUT2D eigenvalue weighted by molar-refractivity contribution is 7.89. The van der Waals surface area contributed by atoms with E-state index in [1.54, 1.807) is 0 Å². The van der Waals surface area contributed by atoms with Crippen LogP contribution in [0.15, 0.2) is 53.4 Å². The zero-order valence-corrected chi connectivity index (χ0v) is 16.6. The quantitative estimate of drug-likeness (QED) is 0.786. The first-order valence-electron chi connectivity index (χ1n) is 9.39. The van der Waals surface area contributed by atoms with Gasteiger partial charge in [0, 0.05) is 18.7 Å². The summed E-state index contributed by atoms with van der Waals surface area (Å²) in [5.74, 6) is 1.03. The number of nitrogens with one attached hydrogen (secondary N) is 1. The number of ether oxygens (including phenoxy) is 3. The third kappa shape index (κ3) is 4.36. The van der Waals surface area contributed by atoms with Crippen molar-refractivity contribution in [2.24, 2.45) is 0 Å². The summed E-state index contributed by atoms with van der Waals surface area (Å²) in [5.41, 5.74) is 0.378. The van der Waals surface area contributed by atoms with Crippen molar-refractivity contribution in [3.05, 3.63) is 54.1 Å². The molecule has 1 unspecified atom stereocenters. The molecule has 0 bridgehead atoms. The van der Waals surface area contributed by atoms with Crippen LogP contribution in [0.25, 0.3) is 0 Å². The maximum atomic E-state index is 12.6. The van der Waals surface area contributed by atoms with Gasteiger partial charge in [-0.05, 0) is 36.4 Å². The Morgan fingerprint density at radius 3 is 2.45 bits per heavy atom. The van der Waals surface area contributed by atoms with E-state index in [1.165, 1.54) is 28.6 Å². The fraction of sp³-hybridized carbons (Fsp3) is 0.350. The molecule has 1 saturated heterocycles. The molecule has 1 N–H and O–H groups in total. The van der Waals surface area contributed by atoms with Gasteiger partial charge in [-0.15, -0.1) is 0 Å². The Hall–Kier alpha value is -2.62. The van der Waals surface area contributed by atoms with Crippen LogP contribution >= 0.6 is 0 Å². The van der Waals surface area contributed by atoms with Crippen molar-refractivity contribution >= 4 is 15.9 Å². The monoisotopic (exact) mass is 418 g/mol. The number of hydrogen-bond donors (Lipinski definition) is 1. The van der Waals surface area contributed by atoms with Gasteiger partial charge >= 0.3 is 0 Å². The zero-order chi connectivity index (χ0) is 20.3. The molecular formula is C20H22N2O6S. The molecule has 154 valence electrons. The molecule has 2 aliphatic heterocycles. The lowest BCUT2D eigenvalue weighted by molar-refractivity contribution is 0.0730.